The van der Waals surface area contributed by atoms with Crippen LogP contribution in [0.15, 0.2) is 5.38 Å². The minimum Gasteiger partial charge on any atom is -0.348 e. The minimum atomic E-state index is 0.348. The number of hydrogen-bond donors (Lipinski definition) is 1. The molecule has 0 bridgehead atoms. The van der Waals surface area contributed by atoms with Crippen molar-refractivity contribution >= 4 is 16.5 Å². The summed E-state index contributed by atoms with van der Waals surface area (Å²) in [5.74, 6) is 0. The Labute approximate surface area is 102 Å². The minimum absolute atomic E-state index is 0.348. The van der Waals surface area contributed by atoms with Crippen LogP contribution in [0.25, 0.3) is 0 Å². The van der Waals surface area contributed by atoms with Crippen LogP contribution in [0.4, 0.5) is 5.13 Å². The standard InChI is InChI=1S/C12H21N3S/c1-9(13-4)10-7-16-11(14-10)15-6-5-12(2,3)8-15/h7,9,13H,5-6,8H2,1-4H3. The Hall–Kier alpha value is -0.610. The lowest BCUT2D eigenvalue weighted by Gasteiger charge is -2.18. The summed E-state index contributed by atoms with van der Waals surface area (Å²) in [6.07, 6.45) is 1.27. The van der Waals surface area contributed by atoms with Gasteiger partial charge in [-0.15, -0.1) is 11.3 Å². The molecular weight excluding hydrogens is 218 g/mol. The molecule has 0 aromatic carbocycles. The molecule has 1 aliphatic heterocycles. The van der Waals surface area contributed by atoms with Crippen molar-refractivity contribution in [3.05, 3.63) is 11.1 Å². The maximum atomic E-state index is 4.71. The van der Waals surface area contributed by atoms with Crippen LogP contribution in [0.1, 0.15) is 38.9 Å². The molecule has 1 unspecified atom stereocenters. The molecule has 90 valence electrons. The zero-order valence-electron chi connectivity index (χ0n) is 10.6. The normalized spacial score (nSPS) is 21.4. The van der Waals surface area contributed by atoms with Crippen LogP contribution in [0, 0.1) is 5.41 Å². The second kappa shape index (κ2) is 4.34. The van der Waals surface area contributed by atoms with Crippen molar-refractivity contribution < 1.29 is 0 Å². The van der Waals surface area contributed by atoms with Gasteiger partial charge >= 0.3 is 0 Å². The maximum absolute atomic E-state index is 4.71. The van der Waals surface area contributed by atoms with Gasteiger partial charge < -0.3 is 10.2 Å². The Morgan fingerprint density at radius 2 is 2.31 bits per heavy atom. The van der Waals surface area contributed by atoms with Gasteiger partial charge in [-0.25, -0.2) is 4.98 Å². The van der Waals surface area contributed by atoms with Crippen molar-refractivity contribution in [3.8, 4) is 0 Å². The van der Waals surface area contributed by atoms with E-state index in [1.807, 2.05) is 7.05 Å². The fourth-order valence-corrected chi connectivity index (χ4v) is 2.99. The van der Waals surface area contributed by atoms with E-state index in [1.54, 1.807) is 11.3 Å². The topological polar surface area (TPSA) is 28.2 Å². The molecule has 0 saturated carbocycles. The quantitative estimate of drug-likeness (QED) is 0.879. The van der Waals surface area contributed by atoms with Crippen molar-refractivity contribution in [2.75, 3.05) is 25.0 Å². The molecule has 2 rings (SSSR count). The van der Waals surface area contributed by atoms with Crippen molar-refractivity contribution in [3.63, 3.8) is 0 Å². The molecule has 0 spiro atoms. The van der Waals surface area contributed by atoms with Crippen LogP contribution >= 0.6 is 11.3 Å². The molecule has 0 radical (unpaired) electrons. The van der Waals surface area contributed by atoms with Crippen LogP contribution < -0.4 is 10.2 Å². The Kier molecular flexibility index (Phi) is 3.22. The molecule has 1 N–H and O–H groups in total. The molecule has 0 amide bonds. The van der Waals surface area contributed by atoms with E-state index in [4.69, 9.17) is 4.98 Å². The van der Waals surface area contributed by atoms with Gasteiger partial charge in [-0.2, -0.15) is 0 Å². The van der Waals surface area contributed by atoms with E-state index in [2.05, 4.69) is 36.4 Å². The fourth-order valence-electron chi connectivity index (χ4n) is 2.04. The molecule has 0 aliphatic carbocycles. The summed E-state index contributed by atoms with van der Waals surface area (Å²) < 4.78 is 0. The van der Waals surface area contributed by atoms with Crippen LogP contribution in [0.5, 0.6) is 0 Å². The molecule has 3 nitrogen and oxygen atoms in total. The highest BCUT2D eigenvalue weighted by molar-refractivity contribution is 7.13. The van der Waals surface area contributed by atoms with E-state index in [0.29, 0.717) is 11.5 Å². The third-order valence-corrected chi connectivity index (χ3v) is 4.25. The summed E-state index contributed by atoms with van der Waals surface area (Å²) in [7, 11) is 1.97. The molecule has 1 fully saturated rings. The van der Waals surface area contributed by atoms with Crippen molar-refractivity contribution in [2.24, 2.45) is 5.41 Å². The number of hydrogen-bond acceptors (Lipinski definition) is 4. The Bertz CT molecular complexity index is 359. The zero-order chi connectivity index (χ0) is 11.8. The first-order chi connectivity index (χ1) is 7.52. The monoisotopic (exact) mass is 239 g/mol. The number of nitrogens with one attached hydrogen (secondary N) is 1. The van der Waals surface area contributed by atoms with E-state index in [9.17, 15) is 0 Å². The second-order valence-electron chi connectivity index (χ2n) is 5.40. The van der Waals surface area contributed by atoms with Crippen molar-refractivity contribution in [1.29, 1.82) is 0 Å². The van der Waals surface area contributed by atoms with Crippen LogP contribution in [-0.2, 0) is 0 Å². The van der Waals surface area contributed by atoms with Gasteiger partial charge in [0.15, 0.2) is 5.13 Å². The lowest BCUT2D eigenvalue weighted by Crippen LogP contribution is -2.22. The summed E-state index contributed by atoms with van der Waals surface area (Å²) in [4.78, 5) is 7.12. The van der Waals surface area contributed by atoms with Crippen LogP contribution in [0.2, 0.25) is 0 Å². The highest BCUT2D eigenvalue weighted by atomic mass is 32.1. The molecule has 4 heteroatoms. The summed E-state index contributed by atoms with van der Waals surface area (Å²) in [5.41, 5.74) is 1.60. The van der Waals surface area contributed by atoms with Gasteiger partial charge in [-0.3, -0.25) is 0 Å². The molecule has 1 saturated heterocycles. The van der Waals surface area contributed by atoms with E-state index < -0.39 is 0 Å². The molecule has 1 aromatic rings. The predicted octanol–water partition coefficient (Wildman–Crippen LogP) is 2.66. The van der Waals surface area contributed by atoms with E-state index >= 15 is 0 Å². The molecular formula is C12H21N3S. The smallest absolute Gasteiger partial charge is 0.185 e. The molecule has 16 heavy (non-hydrogen) atoms. The fraction of sp³-hybridized carbons (Fsp3) is 0.750. The molecule has 1 aromatic heterocycles. The Morgan fingerprint density at radius 3 is 2.88 bits per heavy atom. The average molecular weight is 239 g/mol. The molecule has 2 heterocycles. The van der Waals surface area contributed by atoms with Gasteiger partial charge in [0, 0.05) is 24.5 Å². The molecule has 1 atom stereocenters. The Morgan fingerprint density at radius 1 is 1.56 bits per heavy atom. The summed E-state index contributed by atoms with van der Waals surface area (Å²) >= 11 is 1.77. The number of thiazole rings is 1. The van der Waals surface area contributed by atoms with Gasteiger partial charge in [-0.1, -0.05) is 13.8 Å². The van der Waals surface area contributed by atoms with Gasteiger partial charge in [-0.05, 0) is 25.8 Å². The van der Waals surface area contributed by atoms with E-state index in [-0.39, 0.29) is 0 Å². The predicted molar refractivity (Wildman–Crippen MR) is 70.2 cm³/mol. The first-order valence-corrected chi connectivity index (χ1v) is 6.77. The first-order valence-electron chi connectivity index (χ1n) is 5.89. The maximum Gasteiger partial charge on any atom is 0.185 e. The van der Waals surface area contributed by atoms with Gasteiger partial charge in [0.1, 0.15) is 0 Å². The second-order valence-corrected chi connectivity index (χ2v) is 6.24. The largest absolute Gasteiger partial charge is 0.348 e. The number of anilines is 1. The summed E-state index contributed by atoms with van der Waals surface area (Å²) in [6.45, 7) is 9.09. The van der Waals surface area contributed by atoms with Gasteiger partial charge in [0.05, 0.1) is 5.69 Å². The van der Waals surface area contributed by atoms with Crippen molar-refractivity contribution in [2.45, 2.75) is 33.2 Å². The zero-order valence-corrected chi connectivity index (χ0v) is 11.4. The molecule has 1 aliphatic rings. The van der Waals surface area contributed by atoms with Crippen LogP contribution in [-0.4, -0.2) is 25.1 Å². The number of rotatable bonds is 3. The lowest BCUT2D eigenvalue weighted by atomic mass is 9.93. The summed E-state index contributed by atoms with van der Waals surface area (Å²) in [6, 6.07) is 0.348. The van der Waals surface area contributed by atoms with Gasteiger partial charge in [0.2, 0.25) is 0 Å². The van der Waals surface area contributed by atoms with Crippen LogP contribution in [0.3, 0.4) is 0 Å². The van der Waals surface area contributed by atoms with E-state index in [0.717, 1.165) is 18.8 Å². The van der Waals surface area contributed by atoms with Gasteiger partial charge in [0.25, 0.3) is 0 Å². The Balaban J connectivity index is 2.08. The number of aromatic nitrogens is 1. The average Bonchev–Trinajstić information content (AvgIpc) is 2.83. The highest BCUT2D eigenvalue weighted by Crippen LogP contribution is 2.34. The summed E-state index contributed by atoms with van der Waals surface area (Å²) in [5, 5.41) is 6.58. The van der Waals surface area contributed by atoms with Crippen molar-refractivity contribution in [1.82, 2.24) is 10.3 Å². The first kappa shape index (κ1) is 11.9. The SMILES string of the molecule is CNC(C)c1csc(N2CCC(C)(C)C2)n1. The highest BCUT2D eigenvalue weighted by Gasteiger charge is 2.30. The third kappa shape index (κ3) is 2.38. The van der Waals surface area contributed by atoms with E-state index in [1.165, 1.54) is 11.6 Å². The lowest BCUT2D eigenvalue weighted by molar-refractivity contribution is 0.418. The number of nitrogens with zero attached hydrogens (tertiary/aromatic N) is 2. The third-order valence-electron chi connectivity index (χ3n) is 3.33.